The summed E-state index contributed by atoms with van der Waals surface area (Å²) in [5, 5.41) is 0. The molecule has 0 fully saturated rings. The molecular weight excluding hydrogens is 314 g/mol. The average Bonchev–Trinajstić information content (AvgIpc) is 2.38. The molecule has 0 spiro atoms. The molecule has 1 aromatic carbocycles. The molecule has 0 N–H and O–H groups in total. The first-order chi connectivity index (χ1) is 8.58. The highest BCUT2D eigenvalue weighted by Gasteiger charge is 2.13. The molecule has 0 unspecified atom stereocenters. The number of aryl methyl sites for hydroxylation is 1. The third-order valence-corrected chi connectivity index (χ3v) is 4.84. The van der Waals surface area contributed by atoms with Gasteiger partial charge in [-0.2, -0.15) is 0 Å². The molecule has 0 bridgehead atoms. The molecule has 0 radical (unpaired) electrons. The fourth-order valence-corrected chi connectivity index (χ4v) is 3.12. The summed E-state index contributed by atoms with van der Waals surface area (Å²) in [6.07, 6.45) is 3.84. The molecule has 0 atom stereocenters. The zero-order valence-corrected chi connectivity index (χ0v) is 12.0. The van der Waals surface area contributed by atoms with Gasteiger partial charge in [-0.3, -0.25) is 4.98 Å². The highest BCUT2D eigenvalue weighted by molar-refractivity contribution is 9.10. The molecule has 0 aliphatic carbocycles. The highest BCUT2D eigenvalue weighted by atomic mass is 79.9. The summed E-state index contributed by atoms with van der Waals surface area (Å²) in [5.41, 5.74) is 0.977. The van der Waals surface area contributed by atoms with Crippen molar-refractivity contribution in [3.05, 3.63) is 58.8 Å². The zero-order valence-electron chi connectivity index (χ0n) is 9.58. The maximum absolute atomic E-state index is 12.1. The summed E-state index contributed by atoms with van der Waals surface area (Å²) in [6, 6.07) is 10.4. The third kappa shape index (κ3) is 3.40. The molecule has 0 aliphatic heterocycles. The van der Waals surface area contributed by atoms with Gasteiger partial charge >= 0.3 is 0 Å². The summed E-state index contributed by atoms with van der Waals surface area (Å²) >= 11 is 3.29. The van der Waals surface area contributed by atoms with E-state index in [-0.39, 0.29) is 5.75 Å². The van der Waals surface area contributed by atoms with Gasteiger partial charge in [0.2, 0.25) is 0 Å². The normalized spacial score (nSPS) is 11.4. The van der Waals surface area contributed by atoms with E-state index >= 15 is 0 Å². The van der Waals surface area contributed by atoms with Crippen LogP contribution in [0.25, 0.3) is 0 Å². The lowest BCUT2D eigenvalue weighted by molar-refractivity contribution is 0.595. The van der Waals surface area contributed by atoms with Crippen LogP contribution in [0.2, 0.25) is 0 Å². The van der Waals surface area contributed by atoms with Crippen LogP contribution in [0, 0.1) is 0 Å². The van der Waals surface area contributed by atoms with Crippen LogP contribution in [0.3, 0.4) is 0 Å². The van der Waals surface area contributed by atoms with Gasteiger partial charge in [-0.05, 0) is 48.4 Å². The smallest absolute Gasteiger partial charge is 0.178 e. The predicted octanol–water partition coefficient (Wildman–Crippen LogP) is 2.86. The Labute approximate surface area is 115 Å². The van der Waals surface area contributed by atoms with Gasteiger partial charge < -0.3 is 0 Å². The fourth-order valence-electron chi connectivity index (χ4n) is 1.56. The molecule has 5 heteroatoms. The molecule has 2 aromatic rings. The number of hydrogen-bond acceptors (Lipinski definition) is 3. The molecule has 94 valence electrons. The standard InChI is InChI=1S/C13H12BrNO2S/c14-12-1-3-13(4-2-12)18(16,17)10-7-11-5-8-15-9-6-11/h1-6,8-9H,7,10H2. The number of halogens is 1. The molecular formula is C13H12BrNO2S. The van der Waals surface area contributed by atoms with Crippen molar-refractivity contribution in [3.8, 4) is 0 Å². The van der Waals surface area contributed by atoms with Crippen LogP contribution < -0.4 is 0 Å². The molecule has 18 heavy (non-hydrogen) atoms. The largest absolute Gasteiger partial charge is 0.265 e. The van der Waals surface area contributed by atoms with Gasteiger partial charge in [0.15, 0.2) is 9.84 Å². The average molecular weight is 326 g/mol. The highest BCUT2D eigenvalue weighted by Crippen LogP contribution is 2.16. The number of aromatic nitrogens is 1. The number of benzene rings is 1. The first kappa shape index (κ1) is 13.2. The predicted molar refractivity (Wildman–Crippen MR) is 74.1 cm³/mol. The maximum atomic E-state index is 12.1. The van der Waals surface area contributed by atoms with Crippen molar-refractivity contribution in [1.82, 2.24) is 4.98 Å². The second-order valence-corrected chi connectivity index (χ2v) is 6.90. The van der Waals surface area contributed by atoms with Gasteiger partial charge in [0.05, 0.1) is 10.6 Å². The van der Waals surface area contributed by atoms with Crippen molar-refractivity contribution < 1.29 is 8.42 Å². The van der Waals surface area contributed by atoms with Crippen molar-refractivity contribution in [1.29, 1.82) is 0 Å². The first-order valence-corrected chi connectivity index (χ1v) is 7.90. The minimum absolute atomic E-state index is 0.110. The van der Waals surface area contributed by atoms with Gasteiger partial charge in [-0.15, -0.1) is 0 Å². The van der Waals surface area contributed by atoms with Gasteiger partial charge in [-0.25, -0.2) is 8.42 Å². The minimum atomic E-state index is -3.22. The second kappa shape index (κ2) is 5.63. The molecule has 2 rings (SSSR count). The van der Waals surface area contributed by atoms with E-state index in [2.05, 4.69) is 20.9 Å². The van der Waals surface area contributed by atoms with Gasteiger partial charge in [0.1, 0.15) is 0 Å². The first-order valence-electron chi connectivity index (χ1n) is 5.45. The molecule has 0 amide bonds. The Morgan fingerprint density at radius 1 is 1.00 bits per heavy atom. The van der Waals surface area contributed by atoms with Crippen LogP contribution in [-0.2, 0) is 16.3 Å². The van der Waals surface area contributed by atoms with Crippen LogP contribution in [-0.4, -0.2) is 19.2 Å². The van der Waals surface area contributed by atoms with E-state index in [1.165, 1.54) is 0 Å². The summed E-state index contributed by atoms with van der Waals surface area (Å²) < 4.78 is 25.0. The summed E-state index contributed by atoms with van der Waals surface area (Å²) in [4.78, 5) is 4.26. The molecule has 1 heterocycles. The van der Waals surface area contributed by atoms with Crippen molar-refractivity contribution in [2.75, 3.05) is 5.75 Å². The van der Waals surface area contributed by atoms with E-state index in [4.69, 9.17) is 0 Å². The summed E-state index contributed by atoms with van der Waals surface area (Å²) in [5.74, 6) is 0.110. The Bertz CT molecular complexity index is 609. The topological polar surface area (TPSA) is 47.0 Å². The fraction of sp³-hybridized carbons (Fsp3) is 0.154. The number of rotatable bonds is 4. The Hall–Kier alpha value is -1.20. The zero-order chi connectivity index (χ0) is 13.0. The Balaban J connectivity index is 2.11. The quantitative estimate of drug-likeness (QED) is 0.868. The van der Waals surface area contributed by atoms with Crippen molar-refractivity contribution in [2.45, 2.75) is 11.3 Å². The third-order valence-electron chi connectivity index (χ3n) is 2.58. The van der Waals surface area contributed by atoms with Crippen LogP contribution in [0.15, 0.2) is 58.2 Å². The van der Waals surface area contributed by atoms with Crippen LogP contribution >= 0.6 is 15.9 Å². The summed E-state index contributed by atoms with van der Waals surface area (Å²) in [6.45, 7) is 0. The van der Waals surface area contributed by atoms with Crippen LogP contribution in [0.1, 0.15) is 5.56 Å². The SMILES string of the molecule is O=S(=O)(CCc1ccncc1)c1ccc(Br)cc1. The Morgan fingerprint density at radius 2 is 1.61 bits per heavy atom. The molecule has 0 saturated carbocycles. The van der Waals surface area contributed by atoms with Crippen molar-refractivity contribution >= 4 is 25.8 Å². The molecule has 0 saturated heterocycles. The number of hydrogen-bond donors (Lipinski definition) is 0. The van der Waals surface area contributed by atoms with E-state index in [0.717, 1.165) is 10.0 Å². The van der Waals surface area contributed by atoms with E-state index in [1.807, 2.05) is 12.1 Å². The second-order valence-electron chi connectivity index (χ2n) is 3.88. The van der Waals surface area contributed by atoms with E-state index < -0.39 is 9.84 Å². The van der Waals surface area contributed by atoms with Crippen LogP contribution in [0.4, 0.5) is 0 Å². The maximum Gasteiger partial charge on any atom is 0.178 e. The number of nitrogens with zero attached hydrogens (tertiary/aromatic N) is 1. The lowest BCUT2D eigenvalue weighted by atomic mass is 10.2. The number of pyridine rings is 1. The van der Waals surface area contributed by atoms with E-state index in [0.29, 0.717) is 11.3 Å². The van der Waals surface area contributed by atoms with Gasteiger partial charge in [0, 0.05) is 16.9 Å². The lowest BCUT2D eigenvalue weighted by Gasteiger charge is -2.04. The van der Waals surface area contributed by atoms with Crippen LogP contribution in [0.5, 0.6) is 0 Å². The molecule has 3 nitrogen and oxygen atoms in total. The monoisotopic (exact) mass is 325 g/mol. The number of sulfone groups is 1. The van der Waals surface area contributed by atoms with Gasteiger partial charge in [-0.1, -0.05) is 15.9 Å². The molecule has 0 aliphatic rings. The van der Waals surface area contributed by atoms with E-state index in [1.54, 1.807) is 36.7 Å². The minimum Gasteiger partial charge on any atom is -0.265 e. The lowest BCUT2D eigenvalue weighted by Crippen LogP contribution is -2.09. The Kier molecular flexibility index (Phi) is 4.14. The Morgan fingerprint density at radius 3 is 2.22 bits per heavy atom. The van der Waals surface area contributed by atoms with Crippen molar-refractivity contribution in [3.63, 3.8) is 0 Å². The summed E-state index contributed by atoms with van der Waals surface area (Å²) in [7, 11) is -3.22. The van der Waals surface area contributed by atoms with Gasteiger partial charge in [0.25, 0.3) is 0 Å². The molecule has 1 aromatic heterocycles. The van der Waals surface area contributed by atoms with E-state index in [9.17, 15) is 8.42 Å². The van der Waals surface area contributed by atoms with Crippen molar-refractivity contribution in [2.24, 2.45) is 0 Å².